The third-order valence-corrected chi connectivity index (χ3v) is 3.28. The van der Waals surface area contributed by atoms with E-state index in [0.29, 0.717) is 11.4 Å². The van der Waals surface area contributed by atoms with E-state index in [1.54, 1.807) is 33.8 Å². The first kappa shape index (κ1) is 17.5. The molecule has 0 atom stereocenters. The Morgan fingerprint density at radius 3 is 2.08 bits per heavy atom. The normalized spacial score (nSPS) is 10.6. The molecule has 24 heavy (non-hydrogen) atoms. The lowest BCUT2D eigenvalue weighted by Gasteiger charge is -2.13. The average molecular weight is 330 g/mol. The van der Waals surface area contributed by atoms with Crippen molar-refractivity contribution in [1.29, 1.82) is 0 Å². The molecule has 2 aromatic rings. The minimum Gasteiger partial charge on any atom is -0.348 e. The van der Waals surface area contributed by atoms with Crippen LogP contribution in [0.3, 0.4) is 0 Å². The van der Waals surface area contributed by atoms with Crippen molar-refractivity contribution in [1.82, 2.24) is 15.3 Å². The highest BCUT2D eigenvalue weighted by Crippen LogP contribution is 2.15. The van der Waals surface area contributed by atoms with E-state index in [-0.39, 0.29) is 23.1 Å². The van der Waals surface area contributed by atoms with E-state index in [2.05, 4.69) is 20.6 Å². The first-order chi connectivity index (χ1) is 11.3. The Morgan fingerprint density at radius 2 is 1.54 bits per heavy atom. The third kappa shape index (κ3) is 3.92. The monoisotopic (exact) mass is 330 g/mol. The summed E-state index contributed by atoms with van der Waals surface area (Å²) >= 11 is 0. The molecular formula is C17H19FN4O2. The fraction of sp³-hybridized carbons (Fsp3) is 0.294. The lowest BCUT2D eigenvalue weighted by molar-refractivity contribution is 0.0923. The van der Waals surface area contributed by atoms with Crippen LogP contribution >= 0.6 is 0 Å². The van der Waals surface area contributed by atoms with Crippen molar-refractivity contribution in [3.8, 4) is 0 Å². The van der Waals surface area contributed by atoms with E-state index < -0.39 is 17.6 Å². The number of benzene rings is 1. The molecule has 0 saturated heterocycles. The minimum absolute atomic E-state index is 0.0118. The number of halogens is 1. The number of aromatic nitrogens is 2. The highest BCUT2D eigenvalue weighted by Gasteiger charge is 2.23. The Labute approximate surface area is 139 Å². The van der Waals surface area contributed by atoms with E-state index >= 15 is 0 Å². The maximum atomic E-state index is 13.7. The molecule has 2 N–H and O–H groups in total. The summed E-state index contributed by atoms with van der Waals surface area (Å²) in [7, 11) is 0. The fourth-order valence-electron chi connectivity index (χ4n) is 1.99. The van der Waals surface area contributed by atoms with Gasteiger partial charge in [0.25, 0.3) is 11.8 Å². The number of para-hydroxylation sites is 1. The van der Waals surface area contributed by atoms with Gasteiger partial charge >= 0.3 is 0 Å². The number of nitrogens with zero attached hydrogens (tertiary/aromatic N) is 2. The second kappa shape index (κ2) is 7.16. The topological polar surface area (TPSA) is 84.0 Å². The minimum atomic E-state index is -0.690. The van der Waals surface area contributed by atoms with Gasteiger partial charge in [-0.25, -0.2) is 14.4 Å². The van der Waals surface area contributed by atoms with Gasteiger partial charge < -0.3 is 10.6 Å². The molecular weight excluding hydrogens is 311 g/mol. The SMILES string of the molecule is Cc1nc(C(=O)Nc2ccccc2F)c(C(=O)NC(C)C)nc1C. The summed E-state index contributed by atoms with van der Waals surface area (Å²) in [4.78, 5) is 33.1. The summed E-state index contributed by atoms with van der Waals surface area (Å²) in [5, 5.41) is 5.11. The standard InChI is InChI=1S/C17H19FN4O2/c1-9(2)19-16(23)14-15(21-11(4)10(3)20-14)17(24)22-13-8-6-5-7-12(13)18/h5-9H,1-4H3,(H,19,23)(H,22,24). The third-order valence-electron chi connectivity index (χ3n) is 3.28. The van der Waals surface area contributed by atoms with E-state index in [1.807, 2.05) is 0 Å². The van der Waals surface area contributed by atoms with Crippen LogP contribution in [-0.4, -0.2) is 27.8 Å². The van der Waals surface area contributed by atoms with E-state index in [0.717, 1.165) is 0 Å². The van der Waals surface area contributed by atoms with Crippen LogP contribution in [0, 0.1) is 19.7 Å². The molecule has 126 valence electrons. The first-order valence-corrected chi connectivity index (χ1v) is 7.51. The predicted molar refractivity (Wildman–Crippen MR) is 88.5 cm³/mol. The number of anilines is 1. The van der Waals surface area contributed by atoms with Gasteiger partial charge in [0.2, 0.25) is 0 Å². The van der Waals surface area contributed by atoms with E-state index in [4.69, 9.17) is 0 Å². The zero-order valence-electron chi connectivity index (χ0n) is 14.0. The summed E-state index contributed by atoms with van der Waals surface area (Å²) in [6, 6.07) is 5.65. The second-order valence-corrected chi connectivity index (χ2v) is 5.65. The van der Waals surface area contributed by atoms with Gasteiger partial charge in [0.05, 0.1) is 17.1 Å². The molecule has 2 amide bonds. The Hall–Kier alpha value is -2.83. The van der Waals surface area contributed by atoms with Crippen molar-refractivity contribution >= 4 is 17.5 Å². The largest absolute Gasteiger partial charge is 0.348 e. The van der Waals surface area contributed by atoms with Gasteiger partial charge in [-0.15, -0.1) is 0 Å². The number of nitrogens with one attached hydrogen (secondary N) is 2. The summed E-state index contributed by atoms with van der Waals surface area (Å²) in [5.41, 5.74) is 0.860. The van der Waals surface area contributed by atoms with Crippen LogP contribution in [0.4, 0.5) is 10.1 Å². The number of carbonyl (C=O) groups is 2. The summed E-state index contributed by atoms with van der Waals surface area (Å²) in [6.45, 7) is 6.98. The van der Waals surface area contributed by atoms with Gasteiger partial charge in [-0.1, -0.05) is 12.1 Å². The lowest BCUT2D eigenvalue weighted by Crippen LogP contribution is -2.33. The van der Waals surface area contributed by atoms with Crippen LogP contribution in [0.2, 0.25) is 0 Å². The maximum absolute atomic E-state index is 13.7. The summed E-state index contributed by atoms with van der Waals surface area (Å²) < 4.78 is 13.7. The first-order valence-electron chi connectivity index (χ1n) is 7.51. The molecule has 0 saturated carbocycles. The molecule has 0 aliphatic carbocycles. The Kier molecular flexibility index (Phi) is 5.23. The van der Waals surface area contributed by atoms with Gasteiger partial charge in [0.15, 0.2) is 11.4 Å². The molecule has 0 unspecified atom stereocenters. The summed E-state index contributed by atoms with van der Waals surface area (Å²) in [5.74, 6) is -1.76. The smallest absolute Gasteiger partial charge is 0.276 e. The molecule has 1 aromatic carbocycles. The van der Waals surface area contributed by atoms with Gasteiger partial charge in [-0.05, 0) is 39.8 Å². The molecule has 0 aliphatic heterocycles. The molecule has 0 fully saturated rings. The van der Waals surface area contributed by atoms with Crippen LogP contribution in [0.15, 0.2) is 24.3 Å². The van der Waals surface area contributed by atoms with Gasteiger partial charge in [-0.2, -0.15) is 0 Å². The van der Waals surface area contributed by atoms with Gasteiger partial charge in [-0.3, -0.25) is 9.59 Å². The number of carbonyl (C=O) groups excluding carboxylic acids is 2. The molecule has 0 spiro atoms. The van der Waals surface area contributed by atoms with Crippen molar-refractivity contribution in [3.63, 3.8) is 0 Å². The van der Waals surface area contributed by atoms with Crippen molar-refractivity contribution in [3.05, 3.63) is 52.9 Å². The van der Waals surface area contributed by atoms with Crippen LogP contribution in [0.1, 0.15) is 46.2 Å². The molecule has 0 bridgehead atoms. The lowest BCUT2D eigenvalue weighted by atomic mass is 10.2. The van der Waals surface area contributed by atoms with E-state index in [9.17, 15) is 14.0 Å². The predicted octanol–water partition coefficient (Wildman–Crippen LogP) is 2.62. The van der Waals surface area contributed by atoms with Crippen LogP contribution in [-0.2, 0) is 0 Å². The fourth-order valence-corrected chi connectivity index (χ4v) is 1.99. The second-order valence-electron chi connectivity index (χ2n) is 5.65. The Balaban J connectivity index is 2.41. The number of aryl methyl sites for hydroxylation is 2. The Morgan fingerprint density at radius 1 is 1.00 bits per heavy atom. The van der Waals surface area contributed by atoms with Crippen LogP contribution < -0.4 is 10.6 Å². The number of amides is 2. The van der Waals surface area contributed by atoms with Crippen molar-refractivity contribution < 1.29 is 14.0 Å². The average Bonchev–Trinajstić information content (AvgIpc) is 2.51. The summed E-state index contributed by atoms with van der Waals surface area (Å²) in [6.07, 6.45) is 0. The van der Waals surface area contributed by atoms with Crippen LogP contribution in [0.25, 0.3) is 0 Å². The highest BCUT2D eigenvalue weighted by atomic mass is 19.1. The zero-order chi connectivity index (χ0) is 17.9. The maximum Gasteiger partial charge on any atom is 0.276 e. The highest BCUT2D eigenvalue weighted by molar-refractivity contribution is 6.10. The molecule has 0 aliphatic rings. The molecule has 6 nitrogen and oxygen atoms in total. The number of hydrogen-bond donors (Lipinski definition) is 2. The molecule has 1 aromatic heterocycles. The van der Waals surface area contributed by atoms with Gasteiger partial charge in [0.1, 0.15) is 5.82 Å². The Bertz CT molecular complexity index is 790. The van der Waals surface area contributed by atoms with Crippen molar-refractivity contribution in [2.75, 3.05) is 5.32 Å². The molecule has 7 heteroatoms. The quantitative estimate of drug-likeness (QED) is 0.902. The molecule has 2 rings (SSSR count). The number of hydrogen-bond acceptors (Lipinski definition) is 4. The zero-order valence-corrected chi connectivity index (χ0v) is 14.0. The molecule has 0 radical (unpaired) electrons. The van der Waals surface area contributed by atoms with Gasteiger partial charge in [0, 0.05) is 6.04 Å². The molecule has 1 heterocycles. The van der Waals surface area contributed by atoms with Crippen molar-refractivity contribution in [2.45, 2.75) is 33.7 Å². The van der Waals surface area contributed by atoms with E-state index in [1.165, 1.54) is 18.2 Å². The van der Waals surface area contributed by atoms with Crippen LogP contribution in [0.5, 0.6) is 0 Å². The number of rotatable bonds is 4. The van der Waals surface area contributed by atoms with Crippen molar-refractivity contribution in [2.24, 2.45) is 0 Å².